The number of carbonyl (C=O) groups excluding carboxylic acids is 1. The Bertz CT molecular complexity index is 514. The molecule has 6 nitrogen and oxygen atoms in total. The molecule has 1 aliphatic rings. The Morgan fingerprint density at radius 3 is 3.05 bits per heavy atom. The van der Waals surface area contributed by atoms with E-state index < -0.39 is 0 Å². The Labute approximate surface area is 129 Å². The molecule has 1 aromatic heterocycles. The smallest absolute Gasteiger partial charge is 0.315 e. The molecule has 0 aliphatic carbocycles. The van der Waals surface area contributed by atoms with Gasteiger partial charge < -0.3 is 20.6 Å². The SMILES string of the molecule is CC(CO)C(C)NC(=O)NC1CCN(c2ncccc2F)C1. The molecule has 2 amide bonds. The van der Waals surface area contributed by atoms with Crippen LogP contribution in [0.3, 0.4) is 0 Å². The summed E-state index contributed by atoms with van der Waals surface area (Å²) in [5.41, 5.74) is 0. The number of amides is 2. The van der Waals surface area contributed by atoms with Gasteiger partial charge in [0.1, 0.15) is 0 Å². The van der Waals surface area contributed by atoms with E-state index in [1.54, 1.807) is 12.3 Å². The Morgan fingerprint density at radius 2 is 2.36 bits per heavy atom. The van der Waals surface area contributed by atoms with Gasteiger partial charge in [0.25, 0.3) is 0 Å². The van der Waals surface area contributed by atoms with Gasteiger partial charge in [-0.2, -0.15) is 0 Å². The van der Waals surface area contributed by atoms with Crippen LogP contribution in [0, 0.1) is 11.7 Å². The molecule has 0 radical (unpaired) electrons. The zero-order chi connectivity index (χ0) is 16.1. The average molecular weight is 310 g/mol. The third-order valence-corrected chi connectivity index (χ3v) is 4.06. The third kappa shape index (κ3) is 4.07. The van der Waals surface area contributed by atoms with Gasteiger partial charge in [-0.1, -0.05) is 6.92 Å². The predicted molar refractivity (Wildman–Crippen MR) is 82.2 cm³/mol. The van der Waals surface area contributed by atoms with Crippen molar-refractivity contribution in [2.75, 3.05) is 24.6 Å². The van der Waals surface area contributed by atoms with Crippen LogP contribution in [0.4, 0.5) is 15.0 Å². The molecule has 1 aromatic rings. The summed E-state index contributed by atoms with van der Waals surface area (Å²) in [6.07, 6.45) is 2.30. The summed E-state index contributed by atoms with van der Waals surface area (Å²) in [5, 5.41) is 14.8. The first-order chi connectivity index (χ1) is 10.5. The van der Waals surface area contributed by atoms with Crippen molar-refractivity contribution in [2.24, 2.45) is 5.92 Å². The number of pyridine rings is 1. The van der Waals surface area contributed by atoms with Crippen LogP contribution in [0.5, 0.6) is 0 Å². The summed E-state index contributed by atoms with van der Waals surface area (Å²) in [4.78, 5) is 17.8. The molecular weight excluding hydrogens is 287 g/mol. The van der Waals surface area contributed by atoms with Gasteiger partial charge in [-0.05, 0) is 31.4 Å². The summed E-state index contributed by atoms with van der Waals surface area (Å²) in [7, 11) is 0. The molecule has 7 heteroatoms. The van der Waals surface area contributed by atoms with Crippen molar-refractivity contribution in [1.29, 1.82) is 0 Å². The molecule has 0 spiro atoms. The minimum absolute atomic E-state index is 0.00607. The van der Waals surface area contributed by atoms with Crippen molar-refractivity contribution in [3.05, 3.63) is 24.1 Å². The summed E-state index contributed by atoms with van der Waals surface area (Å²) in [5.74, 6) is -0.0269. The number of nitrogens with zero attached hydrogens (tertiary/aromatic N) is 2. The van der Waals surface area contributed by atoms with Gasteiger partial charge in [0.2, 0.25) is 0 Å². The fraction of sp³-hybridized carbons (Fsp3) is 0.600. The quantitative estimate of drug-likeness (QED) is 0.761. The minimum Gasteiger partial charge on any atom is -0.396 e. The third-order valence-electron chi connectivity index (χ3n) is 4.06. The van der Waals surface area contributed by atoms with Crippen LogP contribution in [0.2, 0.25) is 0 Å². The maximum absolute atomic E-state index is 13.7. The van der Waals surface area contributed by atoms with Crippen molar-refractivity contribution in [3.8, 4) is 0 Å². The average Bonchev–Trinajstić information content (AvgIpc) is 2.94. The van der Waals surface area contributed by atoms with Gasteiger partial charge in [-0.15, -0.1) is 0 Å². The molecule has 3 atom stereocenters. The zero-order valence-electron chi connectivity index (χ0n) is 12.9. The molecule has 0 bridgehead atoms. The summed E-state index contributed by atoms with van der Waals surface area (Å²) >= 11 is 0. The number of halogens is 1. The Hall–Kier alpha value is -1.89. The number of anilines is 1. The molecule has 2 heterocycles. The molecule has 22 heavy (non-hydrogen) atoms. The number of rotatable bonds is 5. The van der Waals surface area contributed by atoms with Crippen LogP contribution in [0.1, 0.15) is 20.3 Å². The Balaban J connectivity index is 1.84. The summed E-state index contributed by atoms with van der Waals surface area (Å²) in [6, 6.07) is 2.52. The Morgan fingerprint density at radius 1 is 1.59 bits per heavy atom. The van der Waals surface area contributed by atoms with E-state index in [4.69, 9.17) is 5.11 Å². The second kappa shape index (κ2) is 7.40. The highest BCUT2D eigenvalue weighted by Crippen LogP contribution is 2.20. The van der Waals surface area contributed by atoms with E-state index in [-0.39, 0.29) is 36.5 Å². The number of hydrogen-bond acceptors (Lipinski definition) is 4. The van der Waals surface area contributed by atoms with Crippen LogP contribution in [0.15, 0.2) is 18.3 Å². The van der Waals surface area contributed by atoms with Crippen LogP contribution in [-0.2, 0) is 0 Å². The van der Waals surface area contributed by atoms with Crippen LogP contribution < -0.4 is 15.5 Å². The molecule has 122 valence electrons. The largest absolute Gasteiger partial charge is 0.396 e. The lowest BCUT2D eigenvalue weighted by atomic mass is 10.1. The lowest BCUT2D eigenvalue weighted by Gasteiger charge is -2.22. The molecule has 2 rings (SSSR count). The highest BCUT2D eigenvalue weighted by atomic mass is 19.1. The van der Waals surface area contributed by atoms with E-state index in [2.05, 4.69) is 15.6 Å². The first-order valence-corrected chi connectivity index (χ1v) is 7.54. The first-order valence-electron chi connectivity index (χ1n) is 7.54. The van der Waals surface area contributed by atoms with Crippen LogP contribution in [0.25, 0.3) is 0 Å². The van der Waals surface area contributed by atoms with Crippen LogP contribution >= 0.6 is 0 Å². The van der Waals surface area contributed by atoms with Gasteiger partial charge in [0.15, 0.2) is 11.6 Å². The summed E-state index contributed by atoms with van der Waals surface area (Å²) in [6.45, 7) is 4.93. The molecule has 3 unspecified atom stereocenters. The minimum atomic E-state index is -0.349. The first kappa shape index (κ1) is 16.5. The van der Waals surface area contributed by atoms with Gasteiger partial charge in [0.05, 0.1) is 0 Å². The van der Waals surface area contributed by atoms with E-state index in [0.717, 1.165) is 6.42 Å². The molecular formula is C15H23FN4O2. The number of hydrogen-bond donors (Lipinski definition) is 3. The lowest BCUT2D eigenvalue weighted by Crippen LogP contribution is -2.48. The predicted octanol–water partition coefficient (Wildman–Crippen LogP) is 1.12. The van der Waals surface area contributed by atoms with Gasteiger partial charge in [-0.25, -0.2) is 14.2 Å². The molecule has 0 aromatic carbocycles. The number of carbonyl (C=O) groups is 1. The monoisotopic (exact) mass is 310 g/mol. The van der Waals surface area contributed by atoms with Crippen molar-refractivity contribution in [3.63, 3.8) is 0 Å². The molecule has 1 aliphatic heterocycles. The van der Waals surface area contributed by atoms with Crippen molar-refractivity contribution >= 4 is 11.8 Å². The van der Waals surface area contributed by atoms with E-state index in [1.165, 1.54) is 6.07 Å². The maximum atomic E-state index is 13.7. The van der Waals surface area contributed by atoms with Crippen LogP contribution in [-0.4, -0.2) is 47.9 Å². The van der Waals surface area contributed by atoms with E-state index in [0.29, 0.717) is 18.9 Å². The zero-order valence-corrected chi connectivity index (χ0v) is 12.9. The van der Waals surface area contributed by atoms with Crippen molar-refractivity contribution in [2.45, 2.75) is 32.4 Å². The standard InChI is InChI=1S/C15H23FN4O2/c1-10(9-21)11(2)18-15(22)19-12-5-7-20(8-12)14-13(16)4-3-6-17-14/h3-4,6,10-12,21H,5,7-9H2,1-2H3,(H2,18,19,22). The van der Waals surface area contributed by atoms with Gasteiger partial charge in [-0.3, -0.25) is 0 Å². The molecule has 1 saturated heterocycles. The highest BCUT2D eigenvalue weighted by molar-refractivity contribution is 5.74. The van der Waals surface area contributed by atoms with Gasteiger partial charge >= 0.3 is 6.03 Å². The maximum Gasteiger partial charge on any atom is 0.315 e. The second-order valence-corrected chi connectivity index (χ2v) is 5.81. The fourth-order valence-electron chi connectivity index (χ4n) is 2.41. The normalized spacial score (nSPS) is 20.5. The summed E-state index contributed by atoms with van der Waals surface area (Å²) < 4.78 is 13.7. The number of urea groups is 1. The lowest BCUT2D eigenvalue weighted by molar-refractivity contribution is 0.199. The Kier molecular flexibility index (Phi) is 5.54. The number of aromatic nitrogens is 1. The van der Waals surface area contributed by atoms with Crippen molar-refractivity contribution in [1.82, 2.24) is 15.6 Å². The van der Waals surface area contributed by atoms with Crippen molar-refractivity contribution < 1.29 is 14.3 Å². The second-order valence-electron chi connectivity index (χ2n) is 5.81. The fourth-order valence-corrected chi connectivity index (χ4v) is 2.41. The molecule has 3 N–H and O–H groups in total. The topological polar surface area (TPSA) is 77.5 Å². The van der Waals surface area contributed by atoms with Gasteiger partial charge in [0, 0.05) is 38.0 Å². The number of aliphatic hydroxyl groups is 1. The molecule has 0 saturated carbocycles. The highest BCUT2D eigenvalue weighted by Gasteiger charge is 2.27. The number of aliphatic hydroxyl groups excluding tert-OH is 1. The van der Waals surface area contributed by atoms with E-state index >= 15 is 0 Å². The van der Waals surface area contributed by atoms with E-state index in [1.807, 2.05) is 18.7 Å². The van der Waals surface area contributed by atoms with E-state index in [9.17, 15) is 9.18 Å². The molecule has 1 fully saturated rings. The number of nitrogens with one attached hydrogen (secondary N) is 2.